The Labute approximate surface area is 436 Å². The summed E-state index contributed by atoms with van der Waals surface area (Å²) in [6.45, 7) is 4.89. The number of nitrogens with one attached hydrogen (secondary N) is 1. The molecule has 412 valence electrons. The van der Waals surface area contributed by atoms with Crippen LogP contribution < -0.4 is 5.32 Å². The Morgan fingerprint density at radius 3 is 1.09 bits per heavy atom. The predicted molar refractivity (Wildman–Crippen MR) is 306 cm³/mol. The molecule has 0 aromatic rings. The van der Waals surface area contributed by atoms with Crippen molar-refractivity contribution in [3.05, 3.63) is 36.5 Å². The van der Waals surface area contributed by atoms with Crippen molar-refractivity contribution >= 4 is 11.9 Å². The summed E-state index contributed by atoms with van der Waals surface area (Å²) in [6.07, 6.45) is 75.0. The van der Waals surface area contributed by atoms with Gasteiger partial charge >= 0.3 is 5.97 Å². The summed E-state index contributed by atoms with van der Waals surface area (Å²) in [7, 11) is 0. The highest BCUT2D eigenvalue weighted by Gasteiger charge is 2.18. The minimum Gasteiger partial charge on any atom is -0.466 e. The summed E-state index contributed by atoms with van der Waals surface area (Å²) in [5.41, 5.74) is 0. The molecule has 0 aliphatic rings. The molecule has 0 fully saturated rings. The second kappa shape index (κ2) is 59.6. The molecule has 0 bridgehead atoms. The van der Waals surface area contributed by atoms with E-state index in [0.717, 1.165) is 44.9 Å². The third kappa shape index (κ3) is 55.4. The molecule has 3 N–H and O–H groups in total. The van der Waals surface area contributed by atoms with E-state index in [9.17, 15) is 19.8 Å². The number of allylic oxidation sites excluding steroid dienone is 5. The summed E-state index contributed by atoms with van der Waals surface area (Å²) >= 11 is 0. The van der Waals surface area contributed by atoms with Gasteiger partial charge < -0.3 is 20.3 Å². The van der Waals surface area contributed by atoms with Gasteiger partial charge in [0.05, 0.1) is 25.4 Å². The molecule has 0 heterocycles. The van der Waals surface area contributed by atoms with E-state index in [0.29, 0.717) is 19.4 Å². The Bertz CT molecular complexity index is 1130. The average Bonchev–Trinajstić information content (AvgIpc) is 3.36. The number of aliphatic hydroxyl groups is 2. The summed E-state index contributed by atoms with van der Waals surface area (Å²) in [6, 6.07) is -0.625. The zero-order chi connectivity index (χ0) is 50.7. The van der Waals surface area contributed by atoms with Crippen molar-refractivity contribution in [2.75, 3.05) is 13.2 Å². The first-order valence-electron chi connectivity index (χ1n) is 31.3. The lowest BCUT2D eigenvalue weighted by Crippen LogP contribution is -2.45. The van der Waals surface area contributed by atoms with E-state index < -0.39 is 12.1 Å². The van der Waals surface area contributed by atoms with E-state index in [4.69, 9.17) is 4.74 Å². The number of carbonyl (C=O) groups is 2. The summed E-state index contributed by atoms with van der Waals surface area (Å²) < 4.78 is 5.48. The number of rotatable bonds is 58. The fourth-order valence-corrected chi connectivity index (χ4v) is 9.61. The highest BCUT2D eigenvalue weighted by molar-refractivity contribution is 5.76. The van der Waals surface area contributed by atoms with Crippen molar-refractivity contribution < 1.29 is 24.5 Å². The van der Waals surface area contributed by atoms with Crippen molar-refractivity contribution in [3.63, 3.8) is 0 Å². The van der Waals surface area contributed by atoms with Crippen LogP contribution in [0.4, 0.5) is 0 Å². The quantitative estimate of drug-likeness (QED) is 0.0321. The van der Waals surface area contributed by atoms with Crippen LogP contribution in [-0.2, 0) is 14.3 Å². The van der Waals surface area contributed by atoms with Crippen molar-refractivity contribution in [1.29, 1.82) is 0 Å². The molecule has 1 amide bonds. The SMILES string of the molecule is CCCCCCCCC/C=C/C(O)C(CO)NC(=O)CCCCCCCCCCCCCCCCC/C=C\C/C=C\CCCCCCCCCCCOC(=O)CCCCCCCCCCCCCCC. The van der Waals surface area contributed by atoms with Crippen LogP contribution in [0.5, 0.6) is 0 Å². The van der Waals surface area contributed by atoms with Gasteiger partial charge in [-0.05, 0) is 64.2 Å². The highest BCUT2D eigenvalue weighted by atomic mass is 16.5. The van der Waals surface area contributed by atoms with Crippen LogP contribution in [0, 0.1) is 0 Å². The summed E-state index contributed by atoms with van der Waals surface area (Å²) in [5, 5.41) is 22.9. The maximum absolute atomic E-state index is 12.4. The van der Waals surface area contributed by atoms with E-state index in [2.05, 4.69) is 43.5 Å². The number of amides is 1. The lowest BCUT2D eigenvalue weighted by molar-refractivity contribution is -0.143. The van der Waals surface area contributed by atoms with Gasteiger partial charge in [-0.1, -0.05) is 294 Å². The average molecular weight is 985 g/mol. The Kier molecular flexibility index (Phi) is 58.0. The molecule has 6 nitrogen and oxygen atoms in total. The van der Waals surface area contributed by atoms with Crippen LogP contribution >= 0.6 is 0 Å². The molecule has 0 aromatic heterocycles. The van der Waals surface area contributed by atoms with Crippen molar-refractivity contribution in [2.45, 2.75) is 347 Å². The van der Waals surface area contributed by atoms with E-state index in [1.165, 1.54) is 263 Å². The van der Waals surface area contributed by atoms with Gasteiger partial charge in [-0.25, -0.2) is 0 Å². The zero-order valence-corrected chi connectivity index (χ0v) is 47.0. The molecular weight excluding hydrogens is 863 g/mol. The van der Waals surface area contributed by atoms with Crippen molar-refractivity contribution in [3.8, 4) is 0 Å². The topological polar surface area (TPSA) is 95.9 Å². The number of ether oxygens (including phenoxy) is 1. The maximum Gasteiger partial charge on any atom is 0.305 e. The standard InChI is InChI=1S/C64H121NO5/c1-3-5-7-9-11-13-14-34-38-42-46-50-54-58-64(69)70-59-55-51-47-43-39-36-33-31-29-27-25-23-21-19-17-15-16-18-20-22-24-26-28-30-32-35-37-41-45-49-53-57-63(68)65-61(60-66)62(67)56-52-48-44-40-12-10-8-6-4-2/h17,19,23,25,52,56,61-62,66-67H,3-16,18,20-22,24,26-51,53-55,57-60H2,1-2H3,(H,65,68)/b19-17-,25-23-,56-52+. The molecule has 0 aromatic carbocycles. The second-order valence-electron chi connectivity index (χ2n) is 21.4. The number of aliphatic hydroxyl groups excluding tert-OH is 2. The minimum absolute atomic E-state index is 0.0143. The van der Waals surface area contributed by atoms with Crippen LogP contribution in [0.25, 0.3) is 0 Å². The lowest BCUT2D eigenvalue weighted by Gasteiger charge is -2.20. The van der Waals surface area contributed by atoms with E-state index >= 15 is 0 Å². The fourth-order valence-electron chi connectivity index (χ4n) is 9.61. The third-order valence-corrected chi connectivity index (χ3v) is 14.4. The van der Waals surface area contributed by atoms with Gasteiger partial charge in [-0.2, -0.15) is 0 Å². The van der Waals surface area contributed by atoms with Crippen molar-refractivity contribution in [1.82, 2.24) is 5.32 Å². The minimum atomic E-state index is -0.841. The van der Waals surface area contributed by atoms with Gasteiger partial charge in [0.25, 0.3) is 0 Å². The van der Waals surface area contributed by atoms with Crippen LogP contribution in [-0.4, -0.2) is 47.4 Å². The molecule has 2 unspecified atom stereocenters. The predicted octanol–water partition coefficient (Wildman–Crippen LogP) is 19.6. The summed E-state index contributed by atoms with van der Waals surface area (Å²) in [5.74, 6) is -0.0553. The molecule has 0 saturated heterocycles. The molecule has 0 radical (unpaired) electrons. The third-order valence-electron chi connectivity index (χ3n) is 14.4. The van der Waals surface area contributed by atoms with E-state index in [1.807, 2.05) is 6.08 Å². The molecule has 2 atom stereocenters. The monoisotopic (exact) mass is 984 g/mol. The molecule has 0 spiro atoms. The van der Waals surface area contributed by atoms with Gasteiger partial charge in [-0.15, -0.1) is 0 Å². The largest absolute Gasteiger partial charge is 0.466 e. The number of hydrogen-bond donors (Lipinski definition) is 3. The molecule has 0 aliphatic heterocycles. The molecule has 0 saturated carbocycles. The molecule has 70 heavy (non-hydrogen) atoms. The highest BCUT2D eigenvalue weighted by Crippen LogP contribution is 2.17. The van der Waals surface area contributed by atoms with Gasteiger partial charge in [0.1, 0.15) is 0 Å². The van der Waals surface area contributed by atoms with Gasteiger partial charge in [0.15, 0.2) is 0 Å². The smallest absolute Gasteiger partial charge is 0.305 e. The first kappa shape index (κ1) is 68.1. The Morgan fingerprint density at radius 1 is 0.400 bits per heavy atom. The Hall–Kier alpha value is -1.92. The summed E-state index contributed by atoms with van der Waals surface area (Å²) in [4.78, 5) is 24.4. The Morgan fingerprint density at radius 2 is 0.714 bits per heavy atom. The lowest BCUT2D eigenvalue weighted by atomic mass is 10.0. The second-order valence-corrected chi connectivity index (χ2v) is 21.4. The molecule has 6 heteroatoms. The Balaban J connectivity index is 3.37. The molecule has 0 aliphatic carbocycles. The molecule has 0 rings (SSSR count). The van der Waals surface area contributed by atoms with Crippen LogP contribution in [0.1, 0.15) is 335 Å². The first-order chi connectivity index (χ1) is 34.5. The van der Waals surface area contributed by atoms with Gasteiger partial charge in [-0.3, -0.25) is 9.59 Å². The molecular formula is C64H121NO5. The van der Waals surface area contributed by atoms with E-state index in [-0.39, 0.29) is 18.5 Å². The number of carbonyl (C=O) groups excluding carboxylic acids is 2. The van der Waals surface area contributed by atoms with Gasteiger partial charge in [0.2, 0.25) is 5.91 Å². The van der Waals surface area contributed by atoms with Crippen LogP contribution in [0.2, 0.25) is 0 Å². The van der Waals surface area contributed by atoms with Gasteiger partial charge in [0, 0.05) is 12.8 Å². The van der Waals surface area contributed by atoms with Crippen LogP contribution in [0.15, 0.2) is 36.5 Å². The maximum atomic E-state index is 12.4. The fraction of sp³-hybridized carbons (Fsp3) is 0.875. The zero-order valence-electron chi connectivity index (χ0n) is 47.0. The van der Waals surface area contributed by atoms with E-state index in [1.54, 1.807) is 6.08 Å². The number of unbranched alkanes of at least 4 members (excludes halogenated alkanes) is 43. The first-order valence-corrected chi connectivity index (χ1v) is 31.3. The van der Waals surface area contributed by atoms with Crippen LogP contribution in [0.3, 0.4) is 0 Å². The number of hydrogen-bond acceptors (Lipinski definition) is 5. The number of esters is 1. The van der Waals surface area contributed by atoms with Crippen molar-refractivity contribution in [2.24, 2.45) is 0 Å². The normalized spacial score (nSPS) is 12.8.